The lowest BCUT2D eigenvalue weighted by Gasteiger charge is -2.20. The summed E-state index contributed by atoms with van der Waals surface area (Å²) >= 11 is 0. The average Bonchev–Trinajstić information content (AvgIpc) is 2.37. The number of rotatable bonds is 6. The highest BCUT2D eigenvalue weighted by atomic mass is 31.2. The molecular weight excluding hydrogens is 275 g/mol. The molecule has 5 heteroatoms. The maximum atomic E-state index is 12.4. The Morgan fingerprint density at radius 2 is 1.50 bits per heavy atom. The number of hydrogen-bond donors (Lipinski definition) is 0. The molecule has 0 saturated carbocycles. The van der Waals surface area contributed by atoms with Gasteiger partial charge in [-0.3, -0.25) is 9.36 Å². The van der Waals surface area contributed by atoms with Crippen LogP contribution in [0.15, 0.2) is 24.3 Å². The van der Waals surface area contributed by atoms with Crippen LogP contribution in [-0.2, 0) is 19.0 Å². The van der Waals surface area contributed by atoms with E-state index >= 15 is 0 Å². The van der Waals surface area contributed by atoms with Gasteiger partial charge in [0.25, 0.3) is 5.52 Å². The fourth-order valence-corrected chi connectivity index (χ4v) is 3.22. The Morgan fingerprint density at radius 3 is 1.85 bits per heavy atom. The maximum absolute atomic E-state index is 12.4. The van der Waals surface area contributed by atoms with E-state index in [1.54, 1.807) is 26.0 Å². The lowest BCUT2D eigenvalue weighted by Crippen LogP contribution is -2.12. The SMILES string of the molecule is CCOP(=O)(OCC)C(=O)c1ccc(C(C)(C)C)cc1. The molecule has 0 N–H and O–H groups in total. The summed E-state index contributed by atoms with van der Waals surface area (Å²) in [7, 11) is -3.73. The van der Waals surface area contributed by atoms with Crippen molar-refractivity contribution >= 4 is 13.1 Å². The Balaban J connectivity index is 3.05. The molecule has 0 atom stereocenters. The van der Waals surface area contributed by atoms with Gasteiger partial charge in [-0.2, -0.15) is 0 Å². The van der Waals surface area contributed by atoms with Crippen molar-refractivity contribution in [1.29, 1.82) is 0 Å². The van der Waals surface area contributed by atoms with Crippen LogP contribution in [0.25, 0.3) is 0 Å². The second kappa shape index (κ2) is 6.66. The molecule has 20 heavy (non-hydrogen) atoms. The van der Waals surface area contributed by atoms with E-state index in [2.05, 4.69) is 20.8 Å². The molecule has 4 nitrogen and oxygen atoms in total. The van der Waals surface area contributed by atoms with E-state index < -0.39 is 13.1 Å². The molecule has 1 aromatic carbocycles. The number of benzene rings is 1. The van der Waals surface area contributed by atoms with E-state index in [0.29, 0.717) is 5.56 Å². The first-order chi connectivity index (χ1) is 9.24. The Labute approximate surface area is 121 Å². The number of carbonyl (C=O) groups is 1. The highest BCUT2D eigenvalue weighted by molar-refractivity contribution is 7.72. The summed E-state index contributed by atoms with van der Waals surface area (Å²) in [6.07, 6.45) is 0. The fourth-order valence-electron chi connectivity index (χ4n) is 1.77. The van der Waals surface area contributed by atoms with Gasteiger partial charge in [-0.05, 0) is 24.8 Å². The molecule has 0 aromatic heterocycles. The van der Waals surface area contributed by atoms with Gasteiger partial charge in [0, 0.05) is 5.56 Å². The van der Waals surface area contributed by atoms with Gasteiger partial charge >= 0.3 is 7.60 Å². The van der Waals surface area contributed by atoms with E-state index in [1.807, 2.05) is 12.1 Å². The van der Waals surface area contributed by atoms with Gasteiger partial charge in [0.1, 0.15) is 0 Å². The summed E-state index contributed by atoms with van der Waals surface area (Å²) < 4.78 is 22.5. The third-order valence-electron chi connectivity index (χ3n) is 2.84. The zero-order valence-corrected chi connectivity index (χ0v) is 13.7. The lowest BCUT2D eigenvalue weighted by molar-refractivity contribution is 0.100. The highest BCUT2D eigenvalue weighted by Gasteiger charge is 2.35. The molecule has 0 aliphatic rings. The quantitative estimate of drug-likeness (QED) is 0.731. The van der Waals surface area contributed by atoms with Crippen LogP contribution in [0.2, 0.25) is 0 Å². The molecule has 0 amide bonds. The highest BCUT2D eigenvalue weighted by Crippen LogP contribution is 2.51. The van der Waals surface area contributed by atoms with Gasteiger partial charge in [-0.15, -0.1) is 0 Å². The van der Waals surface area contributed by atoms with E-state index in [0.717, 1.165) is 5.56 Å². The summed E-state index contributed by atoms with van der Waals surface area (Å²) in [5.41, 5.74) is 0.882. The molecule has 112 valence electrons. The molecule has 0 aliphatic heterocycles. The zero-order valence-electron chi connectivity index (χ0n) is 12.8. The molecule has 1 rings (SSSR count). The first kappa shape index (κ1) is 17.1. The van der Waals surface area contributed by atoms with Gasteiger partial charge in [0.15, 0.2) is 0 Å². The monoisotopic (exact) mass is 298 g/mol. The lowest BCUT2D eigenvalue weighted by atomic mass is 9.87. The van der Waals surface area contributed by atoms with E-state index in [9.17, 15) is 9.36 Å². The van der Waals surface area contributed by atoms with Crippen molar-refractivity contribution in [2.75, 3.05) is 13.2 Å². The van der Waals surface area contributed by atoms with E-state index in [1.165, 1.54) is 0 Å². The minimum absolute atomic E-state index is 0.00507. The molecule has 0 unspecified atom stereocenters. The summed E-state index contributed by atoms with van der Waals surface area (Å²) in [4.78, 5) is 12.3. The van der Waals surface area contributed by atoms with Crippen molar-refractivity contribution in [3.8, 4) is 0 Å². The number of carbonyl (C=O) groups excluding carboxylic acids is 1. The second-order valence-corrected chi connectivity index (χ2v) is 7.38. The van der Waals surface area contributed by atoms with E-state index in [-0.39, 0.29) is 18.6 Å². The van der Waals surface area contributed by atoms with Crippen molar-refractivity contribution in [2.24, 2.45) is 0 Å². The van der Waals surface area contributed by atoms with Crippen LogP contribution in [-0.4, -0.2) is 18.7 Å². The fraction of sp³-hybridized carbons (Fsp3) is 0.533. The molecule has 0 fully saturated rings. The van der Waals surface area contributed by atoms with Crippen molar-refractivity contribution in [2.45, 2.75) is 40.0 Å². The normalized spacial score (nSPS) is 12.4. The molecular formula is C15H23O4P. The first-order valence-electron chi connectivity index (χ1n) is 6.79. The predicted octanol–water partition coefficient (Wildman–Crippen LogP) is 4.39. The Kier molecular flexibility index (Phi) is 5.69. The van der Waals surface area contributed by atoms with Gasteiger partial charge in [0.2, 0.25) is 0 Å². The molecule has 0 bridgehead atoms. The summed E-state index contributed by atoms with van der Waals surface area (Å²) in [5, 5.41) is 0. The zero-order chi connectivity index (χ0) is 15.4. The Morgan fingerprint density at radius 1 is 1.05 bits per heavy atom. The van der Waals surface area contributed by atoms with Crippen LogP contribution in [0.3, 0.4) is 0 Å². The van der Waals surface area contributed by atoms with Crippen molar-refractivity contribution in [1.82, 2.24) is 0 Å². The standard InChI is InChI=1S/C15H23O4P/c1-6-18-20(17,19-7-2)14(16)12-8-10-13(11-9-12)15(3,4)5/h8-11H,6-7H2,1-5H3. The maximum Gasteiger partial charge on any atom is 0.401 e. The third kappa shape index (κ3) is 4.02. The van der Waals surface area contributed by atoms with Gasteiger partial charge in [-0.1, -0.05) is 45.0 Å². The Hall–Kier alpha value is -0.960. The minimum atomic E-state index is -3.73. The van der Waals surface area contributed by atoms with Crippen LogP contribution in [0.4, 0.5) is 0 Å². The molecule has 0 heterocycles. The first-order valence-corrected chi connectivity index (χ1v) is 8.33. The van der Waals surface area contributed by atoms with Gasteiger partial charge in [0.05, 0.1) is 13.2 Å². The smallest absolute Gasteiger partial charge is 0.303 e. The summed E-state index contributed by atoms with van der Waals surface area (Å²) in [6.45, 7) is 9.98. The van der Waals surface area contributed by atoms with Crippen LogP contribution < -0.4 is 0 Å². The predicted molar refractivity (Wildman–Crippen MR) is 80.3 cm³/mol. The molecule has 0 saturated heterocycles. The molecule has 0 spiro atoms. The van der Waals surface area contributed by atoms with Crippen LogP contribution in [0, 0.1) is 0 Å². The van der Waals surface area contributed by atoms with Crippen molar-refractivity contribution < 1.29 is 18.4 Å². The van der Waals surface area contributed by atoms with Crippen LogP contribution in [0.5, 0.6) is 0 Å². The molecule has 0 radical (unpaired) electrons. The second-order valence-electron chi connectivity index (χ2n) is 5.47. The van der Waals surface area contributed by atoms with Crippen LogP contribution >= 0.6 is 7.60 Å². The number of hydrogen-bond acceptors (Lipinski definition) is 4. The van der Waals surface area contributed by atoms with Crippen molar-refractivity contribution in [3.05, 3.63) is 35.4 Å². The van der Waals surface area contributed by atoms with Gasteiger partial charge in [-0.25, -0.2) is 0 Å². The minimum Gasteiger partial charge on any atom is -0.303 e. The largest absolute Gasteiger partial charge is 0.401 e. The molecule has 0 aliphatic carbocycles. The van der Waals surface area contributed by atoms with E-state index in [4.69, 9.17) is 9.05 Å². The van der Waals surface area contributed by atoms with Crippen molar-refractivity contribution in [3.63, 3.8) is 0 Å². The summed E-state index contributed by atoms with van der Waals surface area (Å²) in [5.74, 6) is 0. The third-order valence-corrected chi connectivity index (χ3v) is 4.80. The topological polar surface area (TPSA) is 52.6 Å². The Bertz CT molecular complexity index is 490. The average molecular weight is 298 g/mol. The van der Waals surface area contributed by atoms with Crippen LogP contribution in [0.1, 0.15) is 50.5 Å². The molecule has 1 aromatic rings. The van der Waals surface area contributed by atoms with Gasteiger partial charge < -0.3 is 9.05 Å². The summed E-state index contributed by atoms with van der Waals surface area (Å²) in [6, 6.07) is 7.09.